The van der Waals surface area contributed by atoms with Crippen LogP contribution in [-0.4, -0.2) is 45.0 Å². The van der Waals surface area contributed by atoms with Gasteiger partial charge in [-0.1, -0.05) is 19.3 Å². The molecular weight excluding hydrogens is 306 g/mol. The predicted molar refractivity (Wildman–Crippen MR) is 78.1 cm³/mol. The minimum absolute atomic E-state index is 0.433. The molecule has 0 aromatic carbocycles. The molecule has 1 aliphatic heterocycles. The maximum Gasteiger partial charge on any atom is 0.0774 e. The van der Waals surface area contributed by atoms with Crippen LogP contribution in [0.25, 0.3) is 0 Å². The van der Waals surface area contributed by atoms with Gasteiger partial charge in [0.25, 0.3) is 0 Å². The fraction of sp³-hybridized carbons (Fsp3) is 0.786. The molecule has 0 amide bonds. The molecule has 0 spiro atoms. The first kappa shape index (κ1) is 13.6. The Morgan fingerprint density at radius 3 is 2.84 bits per heavy atom. The van der Waals surface area contributed by atoms with Gasteiger partial charge in [-0.25, -0.2) is 0 Å². The molecule has 1 unspecified atom stereocenters. The largest absolute Gasteiger partial charge is 0.389 e. The minimum Gasteiger partial charge on any atom is -0.389 e. The number of halogens is 1. The molecule has 1 aliphatic carbocycles. The lowest BCUT2D eigenvalue weighted by molar-refractivity contribution is -0.0220. The molecular formula is C14H22BrN3O. The van der Waals surface area contributed by atoms with Crippen LogP contribution in [0.4, 0.5) is 0 Å². The third kappa shape index (κ3) is 3.20. The zero-order valence-electron chi connectivity index (χ0n) is 11.3. The van der Waals surface area contributed by atoms with Crippen LogP contribution in [0.5, 0.6) is 0 Å². The lowest BCUT2D eigenvalue weighted by Crippen LogP contribution is -2.43. The van der Waals surface area contributed by atoms with Gasteiger partial charge in [-0.2, -0.15) is 5.10 Å². The summed E-state index contributed by atoms with van der Waals surface area (Å²) < 4.78 is 3.09. The van der Waals surface area contributed by atoms with Gasteiger partial charge >= 0.3 is 0 Å². The van der Waals surface area contributed by atoms with Gasteiger partial charge in [-0.3, -0.25) is 9.58 Å². The van der Waals surface area contributed by atoms with Crippen LogP contribution in [0, 0.1) is 0 Å². The average Bonchev–Trinajstić information content (AvgIpc) is 2.98. The molecule has 5 heteroatoms. The highest BCUT2D eigenvalue weighted by atomic mass is 79.9. The number of hydrogen-bond acceptors (Lipinski definition) is 3. The van der Waals surface area contributed by atoms with Crippen LogP contribution in [0.1, 0.15) is 44.6 Å². The van der Waals surface area contributed by atoms with Crippen molar-refractivity contribution in [3.8, 4) is 0 Å². The van der Waals surface area contributed by atoms with Crippen molar-refractivity contribution in [1.82, 2.24) is 14.7 Å². The van der Waals surface area contributed by atoms with Crippen molar-refractivity contribution >= 4 is 15.9 Å². The van der Waals surface area contributed by atoms with Gasteiger partial charge in [0.05, 0.1) is 22.3 Å². The van der Waals surface area contributed by atoms with Crippen molar-refractivity contribution in [2.75, 3.05) is 19.6 Å². The summed E-state index contributed by atoms with van der Waals surface area (Å²) in [5, 5.41) is 15.0. The van der Waals surface area contributed by atoms with Gasteiger partial charge in [-0.05, 0) is 35.2 Å². The van der Waals surface area contributed by atoms with Crippen molar-refractivity contribution < 1.29 is 5.11 Å². The Labute approximate surface area is 122 Å². The molecule has 2 heterocycles. The van der Waals surface area contributed by atoms with E-state index in [2.05, 4.69) is 30.6 Å². The number of nitrogens with zero attached hydrogens (tertiary/aromatic N) is 3. The molecule has 1 saturated carbocycles. The van der Waals surface area contributed by atoms with E-state index < -0.39 is 5.60 Å². The normalized spacial score (nSPS) is 27.8. The lowest BCUT2D eigenvalue weighted by Gasteiger charge is -2.35. The molecule has 0 bridgehead atoms. The Hall–Kier alpha value is -0.390. The van der Waals surface area contributed by atoms with E-state index in [9.17, 15) is 5.11 Å². The number of likely N-dealkylation sites (tertiary alicyclic amines) is 1. The zero-order chi connectivity index (χ0) is 13.3. The zero-order valence-corrected chi connectivity index (χ0v) is 12.8. The first-order valence-corrected chi connectivity index (χ1v) is 8.08. The van der Waals surface area contributed by atoms with Crippen LogP contribution in [0.3, 0.4) is 0 Å². The van der Waals surface area contributed by atoms with Gasteiger partial charge in [0.15, 0.2) is 0 Å². The summed E-state index contributed by atoms with van der Waals surface area (Å²) >= 11 is 3.45. The highest BCUT2D eigenvalue weighted by molar-refractivity contribution is 9.10. The van der Waals surface area contributed by atoms with Crippen LogP contribution >= 0.6 is 15.9 Å². The van der Waals surface area contributed by atoms with Crippen molar-refractivity contribution in [2.24, 2.45) is 0 Å². The molecule has 0 radical (unpaired) electrons. The maximum absolute atomic E-state index is 10.6. The smallest absolute Gasteiger partial charge is 0.0774 e. The van der Waals surface area contributed by atoms with Crippen molar-refractivity contribution in [2.45, 2.75) is 50.2 Å². The summed E-state index contributed by atoms with van der Waals surface area (Å²) in [5.74, 6) is 0. The van der Waals surface area contributed by atoms with Gasteiger partial charge in [-0.15, -0.1) is 0 Å². The van der Waals surface area contributed by atoms with E-state index in [1.165, 1.54) is 19.3 Å². The van der Waals surface area contributed by atoms with Gasteiger partial charge in [0.1, 0.15) is 0 Å². The standard InChI is InChI=1S/C14H22BrN3O/c15-12-8-16-18(9-12)13-4-7-17(10-13)11-14(19)5-2-1-3-6-14/h8-9,13,19H,1-7,10-11H2. The quantitative estimate of drug-likeness (QED) is 0.927. The summed E-state index contributed by atoms with van der Waals surface area (Å²) in [7, 11) is 0. The van der Waals surface area contributed by atoms with E-state index in [4.69, 9.17) is 0 Å². The van der Waals surface area contributed by atoms with E-state index in [0.29, 0.717) is 6.04 Å². The van der Waals surface area contributed by atoms with Crippen molar-refractivity contribution in [1.29, 1.82) is 0 Å². The molecule has 4 nitrogen and oxygen atoms in total. The SMILES string of the molecule is OC1(CN2CCC(n3cc(Br)cn3)C2)CCCCC1. The summed E-state index contributed by atoms with van der Waals surface area (Å²) in [6.45, 7) is 2.92. The molecule has 1 atom stereocenters. The summed E-state index contributed by atoms with van der Waals surface area (Å²) in [4.78, 5) is 2.41. The highest BCUT2D eigenvalue weighted by Crippen LogP contribution is 2.31. The number of aromatic nitrogens is 2. The van der Waals surface area contributed by atoms with E-state index in [-0.39, 0.29) is 0 Å². The van der Waals surface area contributed by atoms with Gasteiger partial charge in [0, 0.05) is 25.8 Å². The Morgan fingerprint density at radius 2 is 2.16 bits per heavy atom. The number of hydrogen-bond donors (Lipinski definition) is 1. The fourth-order valence-corrected chi connectivity index (χ4v) is 3.77. The van der Waals surface area contributed by atoms with E-state index in [0.717, 1.165) is 43.4 Å². The molecule has 19 heavy (non-hydrogen) atoms. The highest BCUT2D eigenvalue weighted by Gasteiger charge is 2.34. The molecule has 1 aromatic rings. The third-order valence-corrected chi connectivity index (χ3v) is 4.90. The summed E-state index contributed by atoms with van der Waals surface area (Å²) in [6, 6.07) is 0.457. The van der Waals surface area contributed by atoms with Crippen LogP contribution in [0.15, 0.2) is 16.9 Å². The van der Waals surface area contributed by atoms with Gasteiger partial charge < -0.3 is 5.11 Å². The molecule has 1 N–H and O–H groups in total. The minimum atomic E-state index is -0.433. The fourth-order valence-electron chi connectivity index (χ4n) is 3.47. The number of aliphatic hydroxyl groups is 1. The van der Waals surface area contributed by atoms with E-state index >= 15 is 0 Å². The number of β-amino-alcohol motifs (C(OH)–C–C–N with tert-alkyl or cyclic N) is 1. The van der Waals surface area contributed by atoms with E-state index in [1.807, 2.05) is 12.4 Å². The molecule has 1 aromatic heterocycles. The van der Waals surface area contributed by atoms with Crippen molar-refractivity contribution in [3.05, 3.63) is 16.9 Å². The maximum atomic E-state index is 10.6. The Balaban J connectivity index is 1.57. The molecule has 3 rings (SSSR count). The van der Waals surface area contributed by atoms with Crippen LogP contribution < -0.4 is 0 Å². The second-order valence-corrected chi connectivity index (χ2v) is 7.02. The van der Waals surface area contributed by atoms with E-state index in [1.54, 1.807) is 0 Å². The molecule has 106 valence electrons. The van der Waals surface area contributed by atoms with Crippen molar-refractivity contribution in [3.63, 3.8) is 0 Å². The Kier molecular flexibility index (Phi) is 3.96. The second-order valence-electron chi connectivity index (χ2n) is 6.10. The molecule has 1 saturated heterocycles. The topological polar surface area (TPSA) is 41.3 Å². The first-order chi connectivity index (χ1) is 9.15. The molecule has 2 aliphatic rings. The van der Waals surface area contributed by atoms with Gasteiger partial charge in [0.2, 0.25) is 0 Å². The third-order valence-electron chi connectivity index (χ3n) is 4.49. The Morgan fingerprint density at radius 1 is 1.37 bits per heavy atom. The van der Waals surface area contributed by atoms with Crippen LogP contribution in [0.2, 0.25) is 0 Å². The summed E-state index contributed by atoms with van der Waals surface area (Å²) in [6.07, 6.45) is 10.6. The number of rotatable bonds is 3. The first-order valence-electron chi connectivity index (χ1n) is 7.29. The average molecular weight is 328 g/mol. The molecule has 2 fully saturated rings. The second kappa shape index (κ2) is 5.54. The predicted octanol–water partition coefficient (Wildman–Crippen LogP) is 2.59. The lowest BCUT2D eigenvalue weighted by atomic mass is 9.84. The Bertz CT molecular complexity index is 428. The van der Waals surface area contributed by atoms with Crippen LogP contribution in [-0.2, 0) is 0 Å². The monoisotopic (exact) mass is 327 g/mol. The summed E-state index contributed by atoms with van der Waals surface area (Å²) in [5.41, 5.74) is -0.433.